The van der Waals surface area contributed by atoms with Crippen LogP contribution in [0.15, 0.2) is 197 Å². The Labute approximate surface area is 367 Å². The van der Waals surface area contributed by atoms with Crippen molar-refractivity contribution in [2.24, 2.45) is 0 Å². The van der Waals surface area contributed by atoms with Gasteiger partial charge in [-0.1, -0.05) is 113 Å². The molecule has 9 aromatic rings. The number of hydrogen-bond acceptors (Lipinski definition) is 6. The van der Waals surface area contributed by atoms with Crippen molar-refractivity contribution in [1.82, 2.24) is 9.97 Å². The normalized spacial score (nSPS) is 15.2. The van der Waals surface area contributed by atoms with Gasteiger partial charge in [0.15, 0.2) is 11.2 Å². The van der Waals surface area contributed by atoms with E-state index in [1.807, 2.05) is 54.6 Å². The Morgan fingerprint density at radius 1 is 0.524 bits per heavy atom. The largest absolute Gasteiger partial charge is 0.436 e. The second-order valence-corrected chi connectivity index (χ2v) is 17.6. The Balaban J connectivity index is 0.972. The molecule has 2 aromatic heterocycles. The summed E-state index contributed by atoms with van der Waals surface area (Å²) in [5.41, 5.74) is 18.4. The third-order valence-electron chi connectivity index (χ3n) is 13.1. The Kier molecular flexibility index (Phi) is 8.77. The van der Waals surface area contributed by atoms with Gasteiger partial charge in [-0.2, -0.15) is 0 Å². The summed E-state index contributed by atoms with van der Waals surface area (Å²) in [6.07, 6.45) is 6.34. The van der Waals surface area contributed by atoms with E-state index in [0.717, 1.165) is 72.9 Å². The number of hydrogen-bond donors (Lipinski definition) is 0. The highest BCUT2D eigenvalue weighted by Gasteiger charge is 2.39. The van der Waals surface area contributed by atoms with E-state index in [2.05, 4.69) is 172 Å². The van der Waals surface area contributed by atoms with Crippen LogP contribution < -0.4 is 9.80 Å². The Hall–Kier alpha value is -7.70. The number of allylic oxidation sites excluding steroid dienone is 4. The van der Waals surface area contributed by atoms with Gasteiger partial charge < -0.3 is 18.6 Å². The molecule has 0 fully saturated rings. The van der Waals surface area contributed by atoms with Crippen LogP contribution in [-0.4, -0.2) is 9.97 Å². The molecule has 0 amide bonds. The van der Waals surface area contributed by atoms with Crippen molar-refractivity contribution < 1.29 is 8.83 Å². The zero-order valence-corrected chi connectivity index (χ0v) is 36.1. The summed E-state index contributed by atoms with van der Waals surface area (Å²) >= 11 is 0. The highest BCUT2D eigenvalue weighted by atomic mass is 16.4. The summed E-state index contributed by atoms with van der Waals surface area (Å²) < 4.78 is 12.5. The van der Waals surface area contributed by atoms with E-state index in [-0.39, 0.29) is 10.8 Å². The molecule has 0 aliphatic carbocycles. The Morgan fingerprint density at radius 3 is 1.65 bits per heavy atom. The first-order valence-corrected chi connectivity index (χ1v) is 21.5. The van der Waals surface area contributed by atoms with Gasteiger partial charge in [0.1, 0.15) is 11.0 Å². The maximum absolute atomic E-state index is 6.25. The molecule has 0 N–H and O–H groups in total. The molecule has 0 bridgehead atoms. The van der Waals surface area contributed by atoms with Gasteiger partial charge in [-0.15, -0.1) is 0 Å². The first kappa shape index (κ1) is 38.2. The molecule has 0 unspecified atom stereocenters. The third kappa shape index (κ3) is 6.16. The van der Waals surface area contributed by atoms with Crippen LogP contribution >= 0.6 is 0 Å². The molecule has 11 rings (SSSR count). The molecule has 4 heterocycles. The summed E-state index contributed by atoms with van der Waals surface area (Å²) in [5.74, 6) is 1.24. The van der Waals surface area contributed by atoms with Gasteiger partial charge in [0.25, 0.3) is 0 Å². The number of oxazole rings is 2. The minimum atomic E-state index is -0.282. The number of benzene rings is 7. The van der Waals surface area contributed by atoms with Gasteiger partial charge in [-0.25, -0.2) is 9.97 Å². The lowest BCUT2D eigenvalue weighted by molar-refractivity contribution is 0.615. The molecule has 2 aliphatic heterocycles. The van der Waals surface area contributed by atoms with Gasteiger partial charge >= 0.3 is 0 Å². The highest BCUT2D eigenvalue weighted by molar-refractivity contribution is 5.89. The predicted molar refractivity (Wildman–Crippen MR) is 258 cm³/mol. The molecule has 63 heavy (non-hydrogen) atoms. The molecule has 2 aliphatic rings. The summed E-state index contributed by atoms with van der Waals surface area (Å²) in [7, 11) is 0. The fraction of sp³-hybridized carbons (Fsp3) is 0.123. The number of rotatable bonds is 7. The van der Waals surface area contributed by atoms with Crippen LogP contribution in [0.4, 0.5) is 28.4 Å². The van der Waals surface area contributed by atoms with E-state index in [1.165, 1.54) is 27.9 Å². The van der Waals surface area contributed by atoms with Crippen LogP contribution in [0, 0.1) is 0 Å². The van der Waals surface area contributed by atoms with Crippen LogP contribution in [0.2, 0.25) is 0 Å². The molecule has 0 radical (unpaired) electrons. The SMILES string of the molecule is C=C/C(=C\C=C(/C)c1cccc(N2c3ccccc3C(C)(C)c3cc(-c4nc5ccccc5o4)ccc32)c1)N1c2ccccc2C(C)(C)c2cc(-c3nc4ccccc4o3)ccc21. The molecule has 0 spiro atoms. The molecular weight excluding hydrogens is 773 g/mol. The lowest BCUT2D eigenvalue weighted by atomic mass is 9.73. The van der Waals surface area contributed by atoms with Crippen molar-refractivity contribution in [1.29, 1.82) is 0 Å². The standard InChI is InChI=1S/C57H46N4O2/c1-7-40(60-48-23-12-8-19-42(48)56(3,4)44-34-38(28-31-50(44)60)54-58-46-21-10-14-25-52(46)62-54)30-27-36(2)37-17-16-18-41(33-37)61-49-24-13-9-20-43(49)57(5,6)45-35-39(29-32-51(45)61)55-59-47-22-11-15-26-53(47)63-55/h7-35H,1H2,2-6H3/b36-27+,40-30+. The maximum atomic E-state index is 6.25. The second-order valence-electron chi connectivity index (χ2n) is 17.6. The summed E-state index contributed by atoms with van der Waals surface area (Å²) in [6.45, 7) is 15.7. The maximum Gasteiger partial charge on any atom is 0.227 e. The Bertz CT molecular complexity index is 3290. The molecule has 0 saturated heterocycles. The number of aromatic nitrogens is 2. The summed E-state index contributed by atoms with van der Waals surface area (Å²) in [4.78, 5) is 14.4. The van der Waals surface area contributed by atoms with Crippen LogP contribution in [0.25, 0.3) is 50.7 Å². The van der Waals surface area contributed by atoms with E-state index in [1.54, 1.807) is 0 Å². The summed E-state index contributed by atoms with van der Waals surface area (Å²) in [5, 5.41) is 0. The van der Waals surface area contributed by atoms with Crippen LogP contribution in [-0.2, 0) is 10.8 Å². The average Bonchev–Trinajstić information content (AvgIpc) is 3.96. The van der Waals surface area contributed by atoms with Gasteiger partial charge in [-0.3, -0.25) is 0 Å². The lowest BCUT2D eigenvalue weighted by Crippen LogP contribution is -2.32. The first-order chi connectivity index (χ1) is 30.6. The van der Waals surface area contributed by atoms with Crippen LogP contribution in [0.3, 0.4) is 0 Å². The van der Waals surface area contributed by atoms with E-state index in [0.29, 0.717) is 11.8 Å². The van der Waals surface area contributed by atoms with Crippen molar-refractivity contribution in [3.63, 3.8) is 0 Å². The number of anilines is 5. The van der Waals surface area contributed by atoms with Crippen molar-refractivity contribution in [3.8, 4) is 22.9 Å². The molecule has 6 heteroatoms. The molecule has 306 valence electrons. The molecule has 0 atom stereocenters. The summed E-state index contributed by atoms with van der Waals surface area (Å²) in [6, 6.07) is 55.3. The molecular formula is C57H46N4O2. The smallest absolute Gasteiger partial charge is 0.227 e. The van der Waals surface area contributed by atoms with E-state index in [4.69, 9.17) is 18.8 Å². The zero-order valence-electron chi connectivity index (χ0n) is 36.1. The Morgan fingerprint density at radius 2 is 1.03 bits per heavy atom. The zero-order chi connectivity index (χ0) is 43.0. The second kappa shape index (κ2) is 14.5. The minimum Gasteiger partial charge on any atom is -0.436 e. The van der Waals surface area contributed by atoms with Crippen molar-refractivity contribution >= 4 is 56.2 Å². The quantitative estimate of drug-likeness (QED) is 0.149. The fourth-order valence-electron chi connectivity index (χ4n) is 9.65. The molecule has 6 nitrogen and oxygen atoms in total. The van der Waals surface area contributed by atoms with Gasteiger partial charge in [-0.05, 0) is 137 Å². The average molecular weight is 819 g/mol. The van der Waals surface area contributed by atoms with Crippen molar-refractivity contribution in [3.05, 3.63) is 216 Å². The van der Waals surface area contributed by atoms with Crippen LogP contribution in [0.1, 0.15) is 62.4 Å². The van der Waals surface area contributed by atoms with Crippen molar-refractivity contribution in [2.45, 2.75) is 45.4 Å². The van der Waals surface area contributed by atoms with E-state index >= 15 is 0 Å². The molecule has 7 aromatic carbocycles. The topological polar surface area (TPSA) is 58.5 Å². The third-order valence-corrected chi connectivity index (χ3v) is 13.1. The number of nitrogens with zero attached hydrogens (tertiary/aromatic N) is 4. The minimum absolute atomic E-state index is 0.267. The molecule has 0 saturated carbocycles. The number of fused-ring (bicyclic) bond motifs is 6. The fourth-order valence-corrected chi connectivity index (χ4v) is 9.65. The van der Waals surface area contributed by atoms with Gasteiger partial charge in [0.2, 0.25) is 11.8 Å². The van der Waals surface area contributed by atoms with E-state index < -0.39 is 0 Å². The van der Waals surface area contributed by atoms with E-state index in [9.17, 15) is 0 Å². The number of para-hydroxylation sites is 6. The monoisotopic (exact) mass is 818 g/mol. The highest BCUT2D eigenvalue weighted by Crippen LogP contribution is 2.54. The first-order valence-electron chi connectivity index (χ1n) is 21.5. The van der Waals surface area contributed by atoms with Crippen LogP contribution in [0.5, 0.6) is 0 Å². The van der Waals surface area contributed by atoms with Gasteiger partial charge in [0, 0.05) is 33.3 Å². The lowest BCUT2D eigenvalue weighted by Gasteiger charge is -2.42. The van der Waals surface area contributed by atoms with Crippen molar-refractivity contribution in [2.75, 3.05) is 9.80 Å². The van der Waals surface area contributed by atoms with Gasteiger partial charge in [0.05, 0.1) is 22.7 Å². The predicted octanol–water partition coefficient (Wildman–Crippen LogP) is 15.4.